The first-order valence-electron chi connectivity index (χ1n) is 1.90. The van der Waals surface area contributed by atoms with E-state index in [1.807, 2.05) is 0 Å². The van der Waals surface area contributed by atoms with Crippen LogP contribution in [0.15, 0.2) is 17.5 Å². The summed E-state index contributed by atoms with van der Waals surface area (Å²) in [5, 5.41) is 2.08. The van der Waals surface area contributed by atoms with Crippen molar-refractivity contribution in [3.8, 4) is 0 Å². The minimum Gasteiger partial charge on any atom is -0.149 e. The first kappa shape index (κ1) is 6.99. The molecule has 1 heterocycles. The fourth-order valence-corrected chi connectivity index (χ4v) is 0.890. The van der Waals surface area contributed by atoms with Crippen LogP contribution in [-0.4, -0.2) is 0 Å². The molecule has 0 saturated heterocycles. The van der Waals surface area contributed by atoms with E-state index in [1.54, 1.807) is 11.3 Å². The van der Waals surface area contributed by atoms with E-state index in [1.165, 1.54) is 4.88 Å². The molecule has 0 unspecified atom stereocenters. The Morgan fingerprint density at radius 3 is 2.43 bits per heavy atom. The van der Waals surface area contributed by atoms with Crippen molar-refractivity contribution in [1.82, 2.24) is 0 Å². The topological polar surface area (TPSA) is 0 Å². The van der Waals surface area contributed by atoms with Crippen molar-refractivity contribution in [1.29, 1.82) is 0 Å². The maximum atomic E-state index is 2.10. The molecular formula is C5H7ClS. The zero-order chi connectivity index (χ0) is 4.41. The molecule has 0 saturated carbocycles. The van der Waals surface area contributed by atoms with Gasteiger partial charge >= 0.3 is 0 Å². The summed E-state index contributed by atoms with van der Waals surface area (Å²) >= 11 is 1.78. The monoisotopic (exact) mass is 134 g/mol. The van der Waals surface area contributed by atoms with E-state index in [4.69, 9.17) is 0 Å². The minimum atomic E-state index is 0. The average Bonchev–Trinajstić information content (AvgIpc) is 1.86. The molecule has 40 valence electrons. The molecule has 0 aliphatic heterocycles. The van der Waals surface area contributed by atoms with Gasteiger partial charge in [-0.25, -0.2) is 0 Å². The summed E-state index contributed by atoms with van der Waals surface area (Å²) in [6.45, 7) is 2.10. The van der Waals surface area contributed by atoms with E-state index in [0.717, 1.165) is 0 Å². The smallest absolute Gasteiger partial charge is 0.00141 e. The summed E-state index contributed by atoms with van der Waals surface area (Å²) in [5.74, 6) is 0. The third-order valence-electron chi connectivity index (χ3n) is 0.663. The molecule has 0 fully saturated rings. The van der Waals surface area contributed by atoms with Crippen LogP contribution in [0.1, 0.15) is 4.88 Å². The Labute approximate surface area is 53.6 Å². The quantitative estimate of drug-likeness (QED) is 0.512. The molecule has 2 heteroatoms. The number of rotatable bonds is 0. The molecule has 0 atom stereocenters. The Balaban J connectivity index is 0.000000360. The third kappa shape index (κ3) is 1.95. The molecule has 0 spiro atoms. The van der Waals surface area contributed by atoms with Gasteiger partial charge < -0.3 is 0 Å². The Hall–Kier alpha value is -0.0100. The Kier molecular flexibility index (Phi) is 3.05. The lowest BCUT2D eigenvalue weighted by Crippen LogP contribution is -1.42. The Morgan fingerprint density at radius 2 is 2.29 bits per heavy atom. The van der Waals surface area contributed by atoms with Crippen LogP contribution in [-0.2, 0) is 0 Å². The maximum absolute atomic E-state index is 2.10. The van der Waals surface area contributed by atoms with Gasteiger partial charge in [0.25, 0.3) is 0 Å². The molecule has 0 amide bonds. The predicted molar refractivity (Wildman–Crippen MR) is 36.3 cm³/mol. The molecule has 7 heavy (non-hydrogen) atoms. The lowest BCUT2D eigenvalue weighted by atomic mass is 10.5. The molecular weight excluding hydrogens is 128 g/mol. The van der Waals surface area contributed by atoms with Crippen molar-refractivity contribution in [2.24, 2.45) is 0 Å². The highest BCUT2D eigenvalue weighted by molar-refractivity contribution is 7.09. The van der Waals surface area contributed by atoms with Crippen molar-refractivity contribution in [3.05, 3.63) is 22.4 Å². The van der Waals surface area contributed by atoms with Crippen molar-refractivity contribution < 1.29 is 0 Å². The lowest BCUT2D eigenvalue weighted by molar-refractivity contribution is 1.64. The minimum absolute atomic E-state index is 0. The average molecular weight is 135 g/mol. The van der Waals surface area contributed by atoms with Gasteiger partial charge in [0.05, 0.1) is 0 Å². The van der Waals surface area contributed by atoms with E-state index >= 15 is 0 Å². The van der Waals surface area contributed by atoms with E-state index in [9.17, 15) is 0 Å². The highest BCUT2D eigenvalue weighted by Gasteiger charge is 1.74. The van der Waals surface area contributed by atoms with Gasteiger partial charge in [-0.2, -0.15) is 0 Å². The maximum Gasteiger partial charge on any atom is 0.00141 e. The molecule has 1 aromatic heterocycles. The van der Waals surface area contributed by atoms with Gasteiger partial charge in [0, 0.05) is 4.88 Å². The molecule has 0 aliphatic carbocycles. The second kappa shape index (κ2) is 3.05. The second-order valence-electron chi connectivity index (χ2n) is 1.22. The van der Waals surface area contributed by atoms with Crippen LogP contribution in [0.3, 0.4) is 0 Å². The molecule has 0 radical (unpaired) electrons. The largest absolute Gasteiger partial charge is 0.149 e. The van der Waals surface area contributed by atoms with Crippen LogP contribution >= 0.6 is 23.7 Å². The third-order valence-corrected chi connectivity index (χ3v) is 1.46. The van der Waals surface area contributed by atoms with Gasteiger partial charge in [-0.3, -0.25) is 0 Å². The summed E-state index contributed by atoms with van der Waals surface area (Å²) in [6, 6.07) is 4.16. The van der Waals surface area contributed by atoms with Crippen molar-refractivity contribution >= 4 is 23.7 Å². The normalized spacial score (nSPS) is 7.57. The summed E-state index contributed by atoms with van der Waals surface area (Å²) in [6.07, 6.45) is 0. The van der Waals surface area contributed by atoms with E-state index in [0.29, 0.717) is 0 Å². The zero-order valence-electron chi connectivity index (χ0n) is 4.05. The first-order chi connectivity index (χ1) is 2.89. The number of thiophene rings is 1. The summed E-state index contributed by atoms with van der Waals surface area (Å²) in [7, 11) is 0. The molecule has 0 aromatic carbocycles. The van der Waals surface area contributed by atoms with Gasteiger partial charge in [0.1, 0.15) is 0 Å². The molecule has 1 rings (SSSR count). The van der Waals surface area contributed by atoms with Gasteiger partial charge in [-0.05, 0) is 18.4 Å². The van der Waals surface area contributed by atoms with Gasteiger partial charge in [-0.15, -0.1) is 23.7 Å². The van der Waals surface area contributed by atoms with Gasteiger partial charge in [-0.1, -0.05) is 6.07 Å². The van der Waals surface area contributed by atoms with Gasteiger partial charge in [0.2, 0.25) is 0 Å². The Morgan fingerprint density at radius 1 is 1.57 bits per heavy atom. The van der Waals surface area contributed by atoms with Crippen LogP contribution in [0.25, 0.3) is 0 Å². The van der Waals surface area contributed by atoms with Crippen LogP contribution in [0, 0.1) is 6.92 Å². The number of hydrogen-bond donors (Lipinski definition) is 0. The van der Waals surface area contributed by atoms with E-state index in [-0.39, 0.29) is 12.4 Å². The van der Waals surface area contributed by atoms with Gasteiger partial charge in [0.15, 0.2) is 0 Å². The molecule has 0 nitrogen and oxygen atoms in total. The van der Waals surface area contributed by atoms with Crippen LogP contribution < -0.4 is 0 Å². The molecule has 0 N–H and O–H groups in total. The highest BCUT2D eigenvalue weighted by Crippen LogP contribution is 2.03. The van der Waals surface area contributed by atoms with E-state index < -0.39 is 0 Å². The Bertz CT molecular complexity index is 112. The second-order valence-corrected chi connectivity index (χ2v) is 2.38. The standard InChI is InChI=1S/C5H6S.ClH/c1-5-3-2-4-6-5;/h2-4H,1H3;1H. The summed E-state index contributed by atoms with van der Waals surface area (Å²) in [4.78, 5) is 1.38. The SMILES string of the molecule is Cc1cccs1.Cl. The van der Waals surface area contributed by atoms with Crippen molar-refractivity contribution in [2.75, 3.05) is 0 Å². The fourth-order valence-electron chi connectivity index (χ4n) is 0.361. The molecule has 0 aliphatic rings. The number of halogens is 1. The molecule has 1 aromatic rings. The lowest BCUT2D eigenvalue weighted by Gasteiger charge is -1.65. The zero-order valence-corrected chi connectivity index (χ0v) is 5.68. The van der Waals surface area contributed by atoms with Crippen LogP contribution in [0.2, 0.25) is 0 Å². The summed E-state index contributed by atoms with van der Waals surface area (Å²) in [5.41, 5.74) is 0. The highest BCUT2D eigenvalue weighted by atomic mass is 35.5. The van der Waals surface area contributed by atoms with Crippen molar-refractivity contribution in [2.45, 2.75) is 6.92 Å². The van der Waals surface area contributed by atoms with E-state index in [2.05, 4.69) is 24.4 Å². The fraction of sp³-hybridized carbons (Fsp3) is 0.200. The number of hydrogen-bond acceptors (Lipinski definition) is 1. The van der Waals surface area contributed by atoms with Crippen LogP contribution in [0.5, 0.6) is 0 Å². The molecule has 0 bridgehead atoms. The predicted octanol–water partition coefficient (Wildman–Crippen LogP) is 2.48. The van der Waals surface area contributed by atoms with Crippen molar-refractivity contribution in [3.63, 3.8) is 0 Å². The first-order valence-corrected chi connectivity index (χ1v) is 2.77. The number of aryl methyl sites for hydroxylation is 1. The summed E-state index contributed by atoms with van der Waals surface area (Å²) < 4.78 is 0. The van der Waals surface area contributed by atoms with Crippen LogP contribution in [0.4, 0.5) is 0 Å².